The number of esters is 1. The van der Waals surface area contributed by atoms with Crippen LogP contribution < -0.4 is 5.69 Å². The van der Waals surface area contributed by atoms with Crippen molar-refractivity contribution in [1.29, 1.82) is 0 Å². The number of aromatic amines is 1. The first-order valence-electron chi connectivity index (χ1n) is 6.56. The van der Waals surface area contributed by atoms with Gasteiger partial charge in [0.1, 0.15) is 0 Å². The number of carbonyl (C=O) groups is 1. The Balaban J connectivity index is 2.30. The summed E-state index contributed by atoms with van der Waals surface area (Å²) in [5, 5.41) is 10.1. The van der Waals surface area contributed by atoms with Gasteiger partial charge >= 0.3 is 11.7 Å². The number of nitrogens with zero attached hydrogens (tertiary/aromatic N) is 1. The molecule has 6 nitrogen and oxygen atoms in total. The van der Waals surface area contributed by atoms with Crippen molar-refractivity contribution >= 4 is 5.97 Å². The maximum atomic E-state index is 11.9. The molecule has 6 heteroatoms. The van der Waals surface area contributed by atoms with E-state index in [9.17, 15) is 14.7 Å². The predicted octanol–water partition coefficient (Wildman–Crippen LogP) is 1.26. The molecule has 0 atom stereocenters. The molecule has 0 aliphatic carbocycles. The smallest absolute Gasteiger partial charge is 0.328 e. The van der Waals surface area contributed by atoms with Gasteiger partial charge in [-0.15, -0.1) is 0 Å². The molecule has 0 fully saturated rings. The van der Waals surface area contributed by atoms with Crippen LogP contribution in [0.2, 0.25) is 0 Å². The molecule has 0 saturated heterocycles. The van der Waals surface area contributed by atoms with Crippen molar-refractivity contribution < 1.29 is 14.6 Å². The summed E-state index contributed by atoms with van der Waals surface area (Å²) in [5.74, 6) is -0.756. The molecule has 2 N–H and O–H groups in total. The van der Waals surface area contributed by atoms with Crippen LogP contribution >= 0.6 is 0 Å². The lowest BCUT2D eigenvalue weighted by Crippen LogP contribution is -2.17. The number of aryl methyl sites for hydroxylation is 2. The van der Waals surface area contributed by atoms with Crippen molar-refractivity contribution in [3.8, 4) is 5.88 Å². The van der Waals surface area contributed by atoms with E-state index in [1.807, 2.05) is 32.0 Å². The van der Waals surface area contributed by atoms with Crippen LogP contribution in [0.4, 0.5) is 0 Å². The zero-order valence-electron chi connectivity index (χ0n) is 12.3. The molecule has 112 valence electrons. The number of nitrogens with one attached hydrogen (secondary N) is 1. The van der Waals surface area contributed by atoms with Gasteiger partial charge in [-0.25, -0.2) is 4.79 Å². The number of imidazole rings is 1. The van der Waals surface area contributed by atoms with Crippen molar-refractivity contribution in [2.45, 2.75) is 26.8 Å². The van der Waals surface area contributed by atoms with Gasteiger partial charge in [-0.05, 0) is 30.5 Å². The molecule has 0 saturated carbocycles. The van der Waals surface area contributed by atoms with Crippen molar-refractivity contribution in [2.75, 3.05) is 7.11 Å². The topological polar surface area (TPSA) is 84.3 Å². The first-order chi connectivity index (χ1) is 9.92. The number of rotatable bonds is 4. The van der Waals surface area contributed by atoms with E-state index >= 15 is 0 Å². The standard InChI is InChI=1S/C15H18N2O4/c1-9-4-5-11(6-10(9)2)8-17-14(19)12(16-15(17)20)7-13(18)21-3/h4-6,19H,7-8H2,1-3H3,(H,16,20). The van der Waals surface area contributed by atoms with Gasteiger partial charge in [-0.2, -0.15) is 0 Å². The number of aromatic nitrogens is 2. The van der Waals surface area contributed by atoms with Crippen molar-refractivity contribution in [3.05, 3.63) is 51.1 Å². The molecule has 21 heavy (non-hydrogen) atoms. The van der Waals surface area contributed by atoms with Crippen LogP contribution in [0.3, 0.4) is 0 Å². The Labute approximate surface area is 122 Å². The molecule has 2 rings (SSSR count). The van der Waals surface area contributed by atoms with Crippen LogP contribution in [0, 0.1) is 13.8 Å². The summed E-state index contributed by atoms with van der Waals surface area (Å²) < 4.78 is 5.72. The summed E-state index contributed by atoms with van der Waals surface area (Å²) >= 11 is 0. The molecule has 0 radical (unpaired) electrons. The molecule has 2 aromatic rings. The number of hydrogen-bond acceptors (Lipinski definition) is 4. The summed E-state index contributed by atoms with van der Waals surface area (Å²) in [6.45, 7) is 4.23. The number of methoxy groups -OCH3 is 1. The van der Waals surface area contributed by atoms with Gasteiger partial charge in [0.05, 0.1) is 25.8 Å². The van der Waals surface area contributed by atoms with E-state index in [2.05, 4.69) is 9.72 Å². The van der Waals surface area contributed by atoms with E-state index in [4.69, 9.17) is 0 Å². The van der Waals surface area contributed by atoms with Crippen LogP contribution in [0.1, 0.15) is 22.4 Å². The van der Waals surface area contributed by atoms with E-state index in [0.29, 0.717) is 0 Å². The lowest BCUT2D eigenvalue weighted by molar-refractivity contribution is -0.139. The van der Waals surface area contributed by atoms with Crippen molar-refractivity contribution in [3.63, 3.8) is 0 Å². The highest BCUT2D eigenvalue weighted by Gasteiger charge is 2.16. The number of carbonyl (C=O) groups excluding carboxylic acids is 1. The molecule has 1 aromatic carbocycles. The van der Waals surface area contributed by atoms with Gasteiger partial charge in [-0.3, -0.25) is 9.36 Å². The minimum absolute atomic E-state index is 0.163. The maximum absolute atomic E-state index is 11.9. The number of benzene rings is 1. The number of H-pyrrole nitrogens is 1. The third-order valence-electron chi connectivity index (χ3n) is 3.49. The first-order valence-corrected chi connectivity index (χ1v) is 6.56. The molecule has 1 heterocycles. The van der Waals surface area contributed by atoms with Crippen LogP contribution in [0.15, 0.2) is 23.0 Å². The lowest BCUT2D eigenvalue weighted by Gasteiger charge is -2.07. The first kappa shape index (κ1) is 14.9. The number of ether oxygens (including phenoxy) is 1. The normalized spacial score (nSPS) is 10.6. The van der Waals surface area contributed by atoms with Gasteiger partial charge in [0.2, 0.25) is 5.88 Å². The minimum Gasteiger partial charge on any atom is -0.493 e. The molecule has 0 aliphatic rings. The van der Waals surface area contributed by atoms with Crippen LogP contribution in [0.25, 0.3) is 0 Å². The van der Waals surface area contributed by atoms with Gasteiger partial charge in [0.15, 0.2) is 0 Å². The minimum atomic E-state index is -0.523. The van der Waals surface area contributed by atoms with E-state index in [1.54, 1.807) is 0 Å². The van der Waals surface area contributed by atoms with E-state index in [-0.39, 0.29) is 24.5 Å². The van der Waals surface area contributed by atoms with Crippen LogP contribution in [-0.2, 0) is 22.5 Å². The highest BCUT2D eigenvalue weighted by atomic mass is 16.5. The van der Waals surface area contributed by atoms with Crippen LogP contribution in [-0.4, -0.2) is 27.7 Å². The molecular formula is C15H18N2O4. The van der Waals surface area contributed by atoms with E-state index in [0.717, 1.165) is 16.7 Å². The Morgan fingerprint density at radius 3 is 2.67 bits per heavy atom. The SMILES string of the molecule is COC(=O)Cc1[nH]c(=O)n(Cc2ccc(C)c(C)c2)c1O. The van der Waals surface area contributed by atoms with Gasteiger partial charge in [-0.1, -0.05) is 18.2 Å². The highest BCUT2D eigenvalue weighted by Crippen LogP contribution is 2.17. The fourth-order valence-corrected chi connectivity index (χ4v) is 2.08. The van der Waals surface area contributed by atoms with Gasteiger partial charge in [0, 0.05) is 0 Å². The second-order valence-corrected chi connectivity index (χ2v) is 4.99. The zero-order valence-corrected chi connectivity index (χ0v) is 12.3. The average molecular weight is 290 g/mol. The predicted molar refractivity (Wildman–Crippen MR) is 77.5 cm³/mol. The molecule has 0 spiro atoms. The summed E-state index contributed by atoms with van der Waals surface area (Å²) in [4.78, 5) is 25.6. The third-order valence-corrected chi connectivity index (χ3v) is 3.49. The van der Waals surface area contributed by atoms with E-state index < -0.39 is 11.7 Å². The third kappa shape index (κ3) is 3.16. The molecule has 0 bridgehead atoms. The number of hydrogen-bond donors (Lipinski definition) is 2. The van der Waals surface area contributed by atoms with Crippen molar-refractivity contribution in [1.82, 2.24) is 9.55 Å². The highest BCUT2D eigenvalue weighted by molar-refractivity contribution is 5.72. The molecule has 1 aromatic heterocycles. The Hall–Kier alpha value is -2.50. The molecule has 0 unspecified atom stereocenters. The quantitative estimate of drug-likeness (QED) is 0.830. The summed E-state index contributed by atoms with van der Waals surface area (Å²) in [6, 6.07) is 5.84. The summed E-state index contributed by atoms with van der Waals surface area (Å²) in [7, 11) is 1.25. The Morgan fingerprint density at radius 2 is 2.05 bits per heavy atom. The Morgan fingerprint density at radius 1 is 1.33 bits per heavy atom. The fraction of sp³-hybridized carbons (Fsp3) is 0.333. The summed E-state index contributed by atoms with van der Waals surface area (Å²) in [6.07, 6.45) is -0.169. The van der Waals surface area contributed by atoms with Gasteiger partial charge in [0.25, 0.3) is 0 Å². The summed E-state index contributed by atoms with van der Waals surface area (Å²) in [5.41, 5.74) is 2.89. The monoisotopic (exact) mass is 290 g/mol. The second-order valence-electron chi connectivity index (χ2n) is 4.99. The maximum Gasteiger partial charge on any atom is 0.328 e. The average Bonchev–Trinajstić information content (AvgIpc) is 2.70. The lowest BCUT2D eigenvalue weighted by atomic mass is 10.1. The second kappa shape index (κ2) is 5.87. The zero-order chi connectivity index (χ0) is 15.6. The van der Waals surface area contributed by atoms with Crippen molar-refractivity contribution in [2.24, 2.45) is 0 Å². The van der Waals surface area contributed by atoms with E-state index in [1.165, 1.54) is 11.7 Å². The number of aromatic hydroxyl groups is 1. The van der Waals surface area contributed by atoms with Gasteiger partial charge < -0.3 is 14.8 Å². The fourth-order valence-electron chi connectivity index (χ4n) is 2.08. The molecule has 0 amide bonds. The Kier molecular flexibility index (Phi) is 4.16. The Bertz CT molecular complexity index is 728. The molecular weight excluding hydrogens is 272 g/mol. The van der Waals surface area contributed by atoms with Crippen LogP contribution in [0.5, 0.6) is 5.88 Å². The largest absolute Gasteiger partial charge is 0.493 e. The molecule has 0 aliphatic heterocycles.